The predicted octanol–water partition coefficient (Wildman–Crippen LogP) is 5.11. The monoisotopic (exact) mass is 386 g/mol. The molecule has 0 N–H and O–H groups in total. The van der Waals surface area contributed by atoms with Crippen LogP contribution in [-0.4, -0.2) is 28.7 Å². The van der Waals surface area contributed by atoms with Crippen molar-refractivity contribution in [1.82, 2.24) is 0 Å². The van der Waals surface area contributed by atoms with Gasteiger partial charge in [0.25, 0.3) is 0 Å². The van der Waals surface area contributed by atoms with Gasteiger partial charge in [-0.05, 0) is 60.8 Å². The van der Waals surface area contributed by atoms with Crippen molar-refractivity contribution < 1.29 is 28.8 Å². The van der Waals surface area contributed by atoms with E-state index in [1.165, 1.54) is 0 Å². The van der Waals surface area contributed by atoms with Crippen LogP contribution in [0.15, 0.2) is 12.3 Å². The van der Waals surface area contributed by atoms with Gasteiger partial charge in [-0.3, -0.25) is 9.59 Å². The molecule has 0 aromatic rings. The summed E-state index contributed by atoms with van der Waals surface area (Å²) in [6.45, 7) is 20.5. The van der Waals surface area contributed by atoms with Crippen LogP contribution >= 0.6 is 0 Å². The maximum absolute atomic E-state index is 12.7. The number of ether oxygens (including phenoxy) is 2. The van der Waals surface area contributed by atoms with Crippen molar-refractivity contribution in [3.63, 3.8) is 0 Å². The molecule has 0 aliphatic heterocycles. The third-order valence-electron chi connectivity index (χ3n) is 4.74. The third-order valence-corrected chi connectivity index (χ3v) is 4.74. The summed E-state index contributed by atoms with van der Waals surface area (Å²) in [5.74, 6) is -2.09. The van der Waals surface area contributed by atoms with Crippen molar-refractivity contribution in [1.29, 1.82) is 0 Å². The molecule has 0 amide bonds. The Balaban J connectivity index is 5.28. The van der Waals surface area contributed by atoms with E-state index in [1.807, 2.05) is 48.5 Å². The second-order valence-corrected chi connectivity index (χ2v) is 8.62. The molecule has 6 heteroatoms. The molecule has 1 atom stereocenters. The highest BCUT2D eigenvalue weighted by Crippen LogP contribution is 2.26. The lowest BCUT2D eigenvalue weighted by atomic mass is 10.0. The summed E-state index contributed by atoms with van der Waals surface area (Å²) in [5, 5.41) is 0. The molecule has 0 spiro atoms. The Morgan fingerprint density at radius 1 is 0.815 bits per heavy atom. The first-order chi connectivity index (χ1) is 12.2. The van der Waals surface area contributed by atoms with Crippen LogP contribution in [0.25, 0.3) is 0 Å². The number of carbonyl (C=O) groups is 2. The predicted molar refractivity (Wildman–Crippen MR) is 105 cm³/mol. The van der Waals surface area contributed by atoms with Gasteiger partial charge < -0.3 is 14.4 Å². The Labute approximate surface area is 164 Å². The van der Waals surface area contributed by atoms with E-state index >= 15 is 0 Å². The van der Waals surface area contributed by atoms with Crippen LogP contribution in [0.4, 0.5) is 0 Å². The second-order valence-electron chi connectivity index (χ2n) is 8.62. The van der Waals surface area contributed by atoms with E-state index in [2.05, 4.69) is 6.58 Å². The van der Waals surface area contributed by atoms with Gasteiger partial charge in [0, 0.05) is 0 Å². The highest BCUT2D eigenvalue weighted by atomic mass is 17.2. The highest BCUT2D eigenvalue weighted by molar-refractivity contribution is 5.82. The molecule has 0 saturated carbocycles. The quantitative estimate of drug-likeness (QED) is 0.201. The zero-order valence-corrected chi connectivity index (χ0v) is 18.6. The van der Waals surface area contributed by atoms with Gasteiger partial charge in [-0.25, -0.2) is 0 Å². The van der Waals surface area contributed by atoms with Gasteiger partial charge in [0.05, 0.1) is 6.42 Å². The summed E-state index contributed by atoms with van der Waals surface area (Å²) < 4.78 is 11.0. The van der Waals surface area contributed by atoms with Crippen molar-refractivity contribution in [3.8, 4) is 0 Å². The van der Waals surface area contributed by atoms with Crippen molar-refractivity contribution in [3.05, 3.63) is 12.3 Å². The molecule has 0 aromatic heterocycles. The van der Waals surface area contributed by atoms with Gasteiger partial charge >= 0.3 is 11.9 Å². The van der Waals surface area contributed by atoms with E-state index in [0.29, 0.717) is 19.3 Å². The number of esters is 2. The van der Waals surface area contributed by atoms with Gasteiger partial charge in [-0.2, -0.15) is 4.89 Å². The topological polar surface area (TPSA) is 71.1 Å². The molecule has 0 aromatic carbocycles. The summed E-state index contributed by atoms with van der Waals surface area (Å²) >= 11 is 0. The molecule has 1 unspecified atom stereocenters. The molecule has 158 valence electrons. The molecular weight excluding hydrogens is 348 g/mol. The lowest BCUT2D eigenvalue weighted by molar-refractivity contribution is -0.331. The van der Waals surface area contributed by atoms with E-state index in [-0.39, 0.29) is 12.2 Å². The van der Waals surface area contributed by atoms with Gasteiger partial charge in [-0.1, -0.05) is 27.4 Å². The fourth-order valence-electron chi connectivity index (χ4n) is 1.62. The SMILES string of the molecule is C=C(OOC(C)(C)CC)C(CC(=O)OC(C)(C)CC)C(=O)OC(C)(C)CC. The van der Waals surface area contributed by atoms with Crippen LogP contribution in [-0.2, 0) is 28.8 Å². The average Bonchev–Trinajstić information content (AvgIpc) is 2.56. The highest BCUT2D eigenvalue weighted by Gasteiger charge is 2.35. The Kier molecular flexibility index (Phi) is 9.53. The minimum atomic E-state index is -1.01. The minimum absolute atomic E-state index is 0.0275. The number of carbonyl (C=O) groups excluding carboxylic acids is 2. The van der Waals surface area contributed by atoms with Gasteiger partial charge in [-0.15, -0.1) is 0 Å². The van der Waals surface area contributed by atoms with E-state index in [1.54, 1.807) is 13.8 Å². The van der Waals surface area contributed by atoms with E-state index in [0.717, 1.165) is 0 Å². The molecule has 0 saturated heterocycles. The molecule has 0 radical (unpaired) electrons. The summed E-state index contributed by atoms with van der Waals surface area (Å²) in [7, 11) is 0. The van der Waals surface area contributed by atoms with Crippen molar-refractivity contribution in [2.75, 3.05) is 0 Å². The molecule has 0 heterocycles. The maximum Gasteiger partial charge on any atom is 0.317 e. The molecular formula is C21H38O6. The van der Waals surface area contributed by atoms with Gasteiger partial charge in [0.1, 0.15) is 28.5 Å². The smallest absolute Gasteiger partial charge is 0.317 e. The normalized spacial score (nSPS) is 13.7. The average molecular weight is 387 g/mol. The Morgan fingerprint density at radius 3 is 1.70 bits per heavy atom. The fourth-order valence-corrected chi connectivity index (χ4v) is 1.62. The standard InChI is InChI=1S/C21H38O6/c1-11-19(5,6)24-17(22)14-16(18(23)25-20(7,8)12-2)15(4)26-27-21(9,10)13-3/h16H,4,11-14H2,1-3,5-10H3. The molecule has 6 nitrogen and oxygen atoms in total. The van der Waals surface area contributed by atoms with Gasteiger partial charge in [0.2, 0.25) is 0 Å². The summed E-state index contributed by atoms with van der Waals surface area (Å²) in [6.07, 6.45) is 1.76. The van der Waals surface area contributed by atoms with Crippen LogP contribution in [0.2, 0.25) is 0 Å². The number of hydrogen-bond acceptors (Lipinski definition) is 6. The van der Waals surface area contributed by atoms with Crippen LogP contribution < -0.4 is 0 Å². The van der Waals surface area contributed by atoms with Crippen LogP contribution in [0.1, 0.15) is 88.0 Å². The fraction of sp³-hybridized carbons (Fsp3) is 0.810. The van der Waals surface area contributed by atoms with Crippen LogP contribution in [0.5, 0.6) is 0 Å². The second kappa shape index (κ2) is 10.1. The first kappa shape index (κ1) is 25.4. The van der Waals surface area contributed by atoms with E-state index < -0.39 is 34.7 Å². The molecule has 0 bridgehead atoms. The largest absolute Gasteiger partial charge is 0.460 e. The summed E-state index contributed by atoms with van der Waals surface area (Å²) in [6, 6.07) is 0. The summed E-state index contributed by atoms with van der Waals surface area (Å²) in [4.78, 5) is 35.7. The van der Waals surface area contributed by atoms with Crippen molar-refractivity contribution in [2.45, 2.75) is 105 Å². The molecule has 0 aliphatic carbocycles. The Bertz CT molecular complexity index is 519. The number of hydrogen-bond donors (Lipinski definition) is 0. The maximum atomic E-state index is 12.7. The Morgan fingerprint density at radius 2 is 1.26 bits per heavy atom. The molecule has 0 rings (SSSR count). The summed E-state index contributed by atoms with van der Waals surface area (Å²) in [5.41, 5.74) is -1.83. The molecule has 0 aliphatic rings. The van der Waals surface area contributed by atoms with Crippen molar-refractivity contribution in [2.24, 2.45) is 5.92 Å². The first-order valence-corrected chi connectivity index (χ1v) is 9.67. The zero-order valence-electron chi connectivity index (χ0n) is 18.6. The van der Waals surface area contributed by atoms with Crippen LogP contribution in [0, 0.1) is 5.92 Å². The third kappa shape index (κ3) is 9.80. The lowest BCUT2D eigenvalue weighted by Gasteiger charge is -2.29. The van der Waals surface area contributed by atoms with Gasteiger partial charge in [0.15, 0.2) is 0 Å². The lowest BCUT2D eigenvalue weighted by Crippen LogP contribution is -2.35. The van der Waals surface area contributed by atoms with Crippen molar-refractivity contribution >= 4 is 11.9 Å². The molecule has 0 fully saturated rings. The molecule has 27 heavy (non-hydrogen) atoms. The van der Waals surface area contributed by atoms with E-state index in [9.17, 15) is 9.59 Å². The number of rotatable bonds is 12. The minimum Gasteiger partial charge on any atom is -0.460 e. The van der Waals surface area contributed by atoms with Crippen LogP contribution in [0.3, 0.4) is 0 Å². The Hall–Kier alpha value is -1.56. The first-order valence-electron chi connectivity index (χ1n) is 9.67. The zero-order chi connectivity index (χ0) is 21.5. The van der Waals surface area contributed by atoms with E-state index in [4.69, 9.17) is 19.2 Å².